The molecule has 0 spiro atoms. The second-order valence-corrected chi connectivity index (χ2v) is 8.91. The van der Waals surface area contributed by atoms with Crippen LogP contribution in [0, 0.1) is 5.82 Å². The normalized spacial score (nSPS) is 20.8. The molecule has 3 atom stereocenters. The number of Topliss-reactive ketones (excluding diaryl/α,β-unsaturated/α-hetero) is 1. The van der Waals surface area contributed by atoms with Crippen molar-refractivity contribution in [1.29, 1.82) is 0 Å². The molecule has 0 radical (unpaired) electrons. The number of hydrogen-bond donors (Lipinski definition) is 0. The van der Waals surface area contributed by atoms with Gasteiger partial charge in [0.2, 0.25) is 0 Å². The lowest BCUT2D eigenvalue weighted by atomic mass is 9.92. The average Bonchev–Trinajstić information content (AvgIpc) is 2.79. The molecule has 1 fully saturated rings. The van der Waals surface area contributed by atoms with Crippen LogP contribution < -0.4 is 0 Å². The first-order valence-electron chi connectivity index (χ1n) is 11.3. The van der Waals surface area contributed by atoms with Gasteiger partial charge in [-0.05, 0) is 38.0 Å². The molecule has 0 bridgehead atoms. The van der Waals surface area contributed by atoms with E-state index in [1.54, 1.807) is 13.0 Å². The van der Waals surface area contributed by atoms with Gasteiger partial charge in [0.1, 0.15) is 5.82 Å². The van der Waals surface area contributed by atoms with Crippen LogP contribution in [0.1, 0.15) is 53.9 Å². The molecule has 0 unspecified atom stereocenters. The summed E-state index contributed by atoms with van der Waals surface area (Å²) in [6.45, 7) is 8.44. The zero-order valence-electron chi connectivity index (χ0n) is 19.0. The molecule has 4 rings (SSSR count). The Morgan fingerprint density at radius 2 is 1.50 bits per heavy atom. The SMILES string of the molecule is CC(=O)c1ccc([C@H](c2ccccc2)N2C[C@@H](C)N(Cc3ccccc3F)C[C@@H]2C)cc1. The van der Waals surface area contributed by atoms with Gasteiger partial charge in [0.05, 0.1) is 6.04 Å². The highest BCUT2D eigenvalue weighted by molar-refractivity contribution is 5.94. The molecule has 3 aromatic rings. The number of ketones is 1. The molecule has 1 heterocycles. The number of halogens is 1. The topological polar surface area (TPSA) is 23.6 Å². The van der Waals surface area contributed by atoms with Crippen LogP contribution in [0.5, 0.6) is 0 Å². The Morgan fingerprint density at radius 1 is 0.875 bits per heavy atom. The third kappa shape index (κ3) is 4.82. The summed E-state index contributed by atoms with van der Waals surface area (Å²) >= 11 is 0. The van der Waals surface area contributed by atoms with Gasteiger partial charge in [0, 0.05) is 42.8 Å². The van der Waals surface area contributed by atoms with Gasteiger partial charge in [0.25, 0.3) is 0 Å². The Bertz CT molecular complexity index is 1050. The Hall–Kier alpha value is -2.82. The lowest BCUT2D eigenvalue weighted by Gasteiger charge is -2.47. The predicted molar refractivity (Wildman–Crippen MR) is 127 cm³/mol. The van der Waals surface area contributed by atoms with E-state index < -0.39 is 0 Å². The van der Waals surface area contributed by atoms with Crippen molar-refractivity contribution in [1.82, 2.24) is 9.80 Å². The zero-order chi connectivity index (χ0) is 22.7. The predicted octanol–water partition coefficient (Wildman–Crippen LogP) is 5.71. The van der Waals surface area contributed by atoms with E-state index in [4.69, 9.17) is 0 Å². The standard InChI is InChI=1S/C28H31FN2O/c1-20-18-31(21(2)17-30(20)19-26-11-7-8-12-27(26)29)28(24-9-5-4-6-10-24)25-15-13-23(14-16-25)22(3)32/h4-16,20-21,28H,17-19H2,1-3H3/t20-,21+,28+/m1/s1. The lowest BCUT2D eigenvalue weighted by Crippen LogP contribution is -2.56. The quantitative estimate of drug-likeness (QED) is 0.468. The van der Waals surface area contributed by atoms with E-state index in [-0.39, 0.29) is 29.7 Å². The number of carbonyl (C=O) groups is 1. The van der Waals surface area contributed by atoms with E-state index >= 15 is 0 Å². The van der Waals surface area contributed by atoms with Crippen LogP contribution in [-0.2, 0) is 6.54 Å². The number of benzene rings is 3. The molecule has 0 N–H and O–H groups in total. The Kier molecular flexibility index (Phi) is 6.83. The largest absolute Gasteiger partial charge is 0.295 e. The number of nitrogens with zero attached hydrogens (tertiary/aromatic N) is 2. The summed E-state index contributed by atoms with van der Waals surface area (Å²) in [7, 11) is 0. The summed E-state index contributed by atoms with van der Waals surface area (Å²) in [6, 6.07) is 26.3. The smallest absolute Gasteiger partial charge is 0.159 e. The van der Waals surface area contributed by atoms with Gasteiger partial charge in [-0.1, -0.05) is 72.8 Å². The Morgan fingerprint density at radius 3 is 2.16 bits per heavy atom. The number of hydrogen-bond acceptors (Lipinski definition) is 3. The first kappa shape index (κ1) is 22.4. The summed E-state index contributed by atoms with van der Waals surface area (Å²) in [6.07, 6.45) is 0. The summed E-state index contributed by atoms with van der Waals surface area (Å²) in [5.41, 5.74) is 3.91. The van der Waals surface area contributed by atoms with E-state index in [0.29, 0.717) is 6.54 Å². The van der Waals surface area contributed by atoms with Crippen molar-refractivity contribution in [3.8, 4) is 0 Å². The molecule has 3 aromatic carbocycles. The number of piperazine rings is 1. The van der Waals surface area contributed by atoms with Gasteiger partial charge in [-0.3, -0.25) is 14.6 Å². The summed E-state index contributed by atoms with van der Waals surface area (Å²) < 4.78 is 14.2. The molecule has 1 aliphatic heterocycles. The van der Waals surface area contributed by atoms with Crippen molar-refractivity contribution < 1.29 is 9.18 Å². The molecule has 3 nitrogen and oxygen atoms in total. The summed E-state index contributed by atoms with van der Waals surface area (Å²) in [5, 5.41) is 0. The van der Waals surface area contributed by atoms with Crippen LogP contribution >= 0.6 is 0 Å². The minimum atomic E-state index is -0.137. The van der Waals surface area contributed by atoms with Crippen molar-refractivity contribution in [2.75, 3.05) is 13.1 Å². The zero-order valence-corrected chi connectivity index (χ0v) is 19.0. The molecule has 1 saturated heterocycles. The average molecular weight is 431 g/mol. The highest BCUT2D eigenvalue weighted by atomic mass is 19.1. The summed E-state index contributed by atoms with van der Waals surface area (Å²) in [4.78, 5) is 16.7. The van der Waals surface area contributed by atoms with Gasteiger partial charge < -0.3 is 0 Å². The second kappa shape index (κ2) is 9.76. The van der Waals surface area contributed by atoms with E-state index in [1.807, 2.05) is 30.3 Å². The minimum absolute atomic E-state index is 0.0801. The fourth-order valence-electron chi connectivity index (χ4n) is 4.76. The monoisotopic (exact) mass is 430 g/mol. The molecule has 1 aliphatic rings. The van der Waals surface area contributed by atoms with Crippen LogP contribution in [0.4, 0.5) is 4.39 Å². The molecule has 0 amide bonds. The highest BCUT2D eigenvalue weighted by Crippen LogP contribution is 2.34. The molecule has 32 heavy (non-hydrogen) atoms. The highest BCUT2D eigenvalue weighted by Gasteiger charge is 2.35. The van der Waals surface area contributed by atoms with Gasteiger partial charge in [-0.25, -0.2) is 4.39 Å². The van der Waals surface area contributed by atoms with Crippen molar-refractivity contribution >= 4 is 5.78 Å². The first-order valence-corrected chi connectivity index (χ1v) is 11.3. The minimum Gasteiger partial charge on any atom is -0.295 e. The van der Waals surface area contributed by atoms with Gasteiger partial charge in [-0.2, -0.15) is 0 Å². The van der Waals surface area contributed by atoms with Crippen LogP contribution in [-0.4, -0.2) is 40.8 Å². The van der Waals surface area contributed by atoms with Gasteiger partial charge >= 0.3 is 0 Å². The van der Waals surface area contributed by atoms with E-state index in [9.17, 15) is 9.18 Å². The fourth-order valence-corrected chi connectivity index (χ4v) is 4.76. The number of carbonyl (C=O) groups excluding carboxylic acids is 1. The molecule has 0 saturated carbocycles. The third-order valence-electron chi connectivity index (χ3n) is 6.57. The Balaban J connectivity index is 1.61. The van der Waals surface area contributed by atoms with Crippen LogP contribution in [0.25, 0.3) is 0 Å². The van der Waals surface area contributed by atoms with Crippen LogP contribution in [0.15, 0.2) is 78.9 Å². The molecule has 4 heteroatoms. The van der Waals surface area contributed by atoms with Crippen molar-refractivity contribution in [2.24, 2.45) is 0 Å². The van der Waals surface area contributed by atoms with Crippen molar-refractivity contribution in [3.63, 3.8) is 0 Å². The molecule has 0 aromatic heterocycles. The first-order chi connectivity index (χ1) is 15.4. The Labute approximate surface area is 190 Å². The van der Waals surface area contributed by atoms with Gasteiger partial charge in [-0.15, -0.1) is 0 Å². The maximum absolute atomic E-state index is 14.2. The van der Waals surface area contributed by atoms with E-state index in [2.05, 4.69) is 60.0 Å². The molecular weight excluding hydrogens is 399 g/mol. The van der Waals surface area contributed by atoms with Gasteiger partial charge in [0.15, 0.2) is 5.78 Å². The van der Waals surface area contributed by atoms with E-state index in [1.165, 1.54) is 17.2 Å². The van der Waals surface area contributed by atoms with Crippen LogP contribution in [0.2, 0.25) is 0 Å². The summed E-state index contributed by atoms with van der Waals surface area (Å²) in [5.74, 6) is -0.0564. The molecular formula is C28H31FN2O. The van der Waals surface area contributed by atoms with Crippen molar-refractivity contribution in [3.05, 3.63) is 107 Å². The van der Waals surface area contributed by atoms with E-state index in [0.717, 1.165) is 24.2 Å². The second-order valence-electron chi connectivity index (χ2n) is 8.91. The maximum Gasteiger partial charge on any atom is 0.159 e. The molecule has 166 valence electrons. The van der Waals surface area contributed by atoms with Crippen molar-refractivity contribution in [2.45, 2.75) is 45.4 Å². The lowest BCUT2D eigenvalue weighted by molar-refractivity contribution is 0.0190. The fraction of sp³-hybridized carbons (Fsp3) is 0.321. The van der Waals surface area contributed by atoms with Crippen LogP contribution in [0.3, 0.4) is 0 Å². The molecule has 0 aliphatic carbocycles. The number of rotatable bonds is 6. The maximum atomic E-state index is 14.2. The third-order valence-corrected chi connectivity index (χ3v) is 6.57.